The number of hydrogen-bond acceptors (Lipinski definition) is 9. The predicted octanol–water partition coefficient (Wildman–Crippen LogP) is 3.55. The number of aliphatic hydroxyl groups excluding tert-OH is 3. The minimum Gasteiger partial charge on any atom is -0.497 e. The molecule has 1 saturated heterocycles. The molecule has 1 aromatic carbocycles. The van der Waals surface area contributed by atoms with E-state index in [0.717, 1.165) is 16.4 Å². The lowest BCUT2D eigenvalue weighted by Crippen LogP contribution is -2.49. The Morgan fingerprint density at radius 2 is 1.74 bits per heavy atom. The Hall–Kier alpha value is -1.83. The molecule has 0 aromatic heterocycles. The van der Waals surface area contributed by atoms with E-state index in [9.17, 15) is 20.1 Å². The first-order chi connectivity index (χ1) is 19.6. The van der Waals surface area contributed by atoms with Crippen LogP contribution in [0.25, 0.3) is 0 Å². The molecule has 2 rings (SSSR count). The van der Waals surface area contributed by atoms with Gasteiger partial charge in [0.25, 0.3) is 0 Å². The normalized spacial score (nSPS) is 21.5. The smallest absolute Gasteiger partial charge is 0.248 e. The molecular weight excluding hydrogens is 558 g/mol. The number of nitrogens with zero attached hydrogens (tertiary/aromatic N) is 1. The molecule has 1 heterocycles. The van der Waals surface area contributed by atoms with Gasteiger partial charge in [0.05, 0.1) is 58.3 Å². The summed E-state index contributed by atoms with van der Waals surface area (Å²) in [6, 6.07) is 7.66. The van der Waals surface area contributed by atoms with Gasteiger partial charge in [0.1, 0.15) is 11.9 Å². The van der Waals surface area contributed by atoms with Crippen molar-refractivity contribution in [1.82, 2.24) is 5.06 Å². The summed E-state index contributed by atoms with van der Waals surface area (Å²) in [6.07, 6.45) is -3.22. The van der Waals surface area contributed by atoms with Crippen molar-refractivity contribution in [3.63, 3.8) is 0 Å². The lowest BCUT2D eigenvalue weighted by Gasteiger charge is -2.40. The van der Waals surface area contributed by atoms with Crippen LogP contribution in [0, 0.1) is 17.8 Å². The van der Waals surface area contributed by atoms with Gasteiger partial charge >= 0.3 is 0 Å². The molecule has 0 spiro atoms. The lowest BCUT2D eigenvalue weighted by molar-refractivity contribution is -0.172. The Kier molecular flexibility index (Phi) is 13.6. The Morgan fingerprint density at radius 3 is 2.26 bits per heavy atom. The highest BCUT2D eigenvalue weighted by Gasteiger charge is 2.52. The first kappa shape index (κ1) is 36.4. The van der Waals surface area contributed by atoms with Crippen LogP contribution < -0.4 is 4.74 Å². The Balaban J connectivity index is 2.11. The summed E-state index contributed by atoms with van der Waals surface area (Å²) in [5, 5.41) is 34.9. The average molecular weight is 612 g/mol. The van der Waals surface area contributed by atoms with Crippen LogP contribution in [-0.2, 0) is 30.1 Å². The maximum absolute atomic E-state index is 12.4. The van der Waals surface area contributed by atoms with Crippen molar-refractivity contribution in [2.75, 3.05) is 34.5 Å². The second-order valence-electron chi connectivity index (χ2n) is 12.8. The Bertz CT molecular complexity index is 984. The van der Waals surface area contributed by atoms with Crippen molar-refractivity contribution >= 4 is 14.2 Å². The van der Waals surface area contributed by atoms with Gasteiger partial charge in [0, 0.05) is 31.4 Å². The first-order valence-electron chi connectivity index (χ1n) is 14.5. The molecule has 42 heavy (non-hydrogen) atoms. The molecule has 3 N–H and O–H groups in total. The van der Waals surface area contributed by atoms with Gasteiger partial charge in [-0.25, -0.2) is 5.06 Å². The number of methoxy groups -OCH3 is 1. The number of hydroxylamine groups is 2. The number of ether oxygens (including phenoxy) is 3. The van der Waals surface area contributed by atoms with E-state index in [1.54, 1.807) is 7.11 Å². The van der Waals surface area contributed by atoms with E-state index >= 15 is 0 Å². The molecule has 0 aliphatic carbocycles. The zero-order chi connectivity index (χ0) is 31.8. The molecule has 0 saturated carbocycles. The van der Waals surface area contributed by atoms with Crippen molar-refractivity contribution in [3.05, 3.63) is 42.5 Å². The van der Waals surface area contributed by atoms with Crippen molar-refractivity contribution < 1.29 is 43.6 Å². The molecule has 10 nitrogen and oxygen atoms in total. The fraction of sp³-hybridized carbons (Fsp3) is 0.710. The fourth-order valence-corrected chi connectivity index (χ4v) is 5.61. The minimum atomic E-state index is -2.24. The molecule has 0 bridgehead atoms. The predicted molar refractivity (Wildman–Crippen MR) is 163 cm³/mol. The highest BCUT2D eigenvalue weighted by atomic mass is 28.4. The molecule has 0 unspecified atom stereocenters. The average Bonchev–Trinajstić information content (AvgIpc) is 3.74. The summed E-state index contributed by atoms with van der Waals surface area (Å²) in [5.41, 5.74) is 1.02. The highest BCUT2D eigenvalue weighted by molar-refractivity contribution is 6.74. The molecule has 0 radical (unpaired) electrons. The molecule has 8 atom stereocenters. The summed E-state index contributed by atoms with van der Waals surface area (Å²) in [4.78, 5) is 17.3. The van der Waals surface area contributed by atoms with Crippen LogP contribution in [0.3, 0.4) is 0 Å². The third kappa shape index (κ3) is 9.85. The maximum Gasteiger partial charge on any atom is 0.248 e. The number of benzene rings is 1. The van der Waals surface area contributed by atoms with Crippen molar-refractivity contribution in [2.45, 2.75) is 89.4 Å². The Labute approximate surface area is 252 Å². The van der Waals surface area contributed by atoms with Crippen LogP contribution in [0.1, 0.15) is 39.7 Å². The molecule has 1 aliphatic rings. The molecular formula is C31H53NO9Si. The van der Waals surface area contributed by atoms with E-state index in [4.69, 9.17) is 23.5 Å². The maximum atomic E-state index is 12.4. The summed E-state index contributed by atoms with van der Waals surface area (Å²) in [7, 11) is 2.18. The van der Waals surface area contributed by atoms with Gasteiger partial charge in [-0.15, -0.1) is 6.58 Å². The number of epoxide rings is 1. The number of carbonyl (C=O) groups is 1. The van der Waals surface area contributed by atoms with Crippen molar-refractivity contribution in [1.29, 1.82) is 0 Å². The topological polar surface area (TPSA) is 130 Å². The zero-order valence-corrected chi connectivity index (χ0v) is 27.8. The van der Waals surface area contributed by atoms with Gasteiger partial charge in [0.2, 0.25) is 5.91 Å². The quantitative estimate of drug-likeness (QED) is 0.0988. The van der Waals surface area contributed by atoms with Crippen molar-refractivity contribution in [3.8, 4) is 5.75 Å². The molecule has 1 amide bonds. The van der Waals surface area contributed by atoms with E-state index < -0.39 is 50.5 Å². The molecule has 240 valence electrons. The number of amides is 1. The number of aliphatic hydroxyl groups is 3. The van der Waals surface area contributed by atoms with Gasteiger partial charge in [0.15, 0.2) is 8.32 Å². The largest absolute Gasteiger partial charge is 0.497 e. The van der Waals surface area contributed by atoms with Gasteiger partial charge in [-0.2, -0.15) is 0 Å². The van der Waals surface area contributed by atoms with Crippen LogP contribution >= 0.6 is 0 Å². The van der Waals surface area contributed by atoms with Crippen LogP contribution in [0.5, 0.6) is 5.75 Å². The van der Waals surface area contributed by atoms with Crippen LogP contribution in [0.2, 0.25) is 18.1 Å². The number of carbonyl (C=O) groups excluding carboxylic acids is 1. The summed E-state index contributed by atoms with van der Waals surface area (Å²) < 4.78 is 23.5. The minimum absolute atomic E-state index is 0.00926. The van der Waals surface area contributed by atoms with Gasteiger partial charge in [-0.05, 0) is 35.8 Å². The lowest BCUT2D eigenvalue weighted by atomic mass is 9.81. The van der Waals surface area contributed by atoms with E-state index in [1.807, 2.05) is 31.2 Å². The zero-order valence-electron chi connectivity index (χ0n) is 26.8. The third-order valence-electron chi connectivity index (χ3n) is 8.71. The van der Waals surface area contributed by atoms with Gasteiger partial charge < -0.3 is 34.0 Å². The molecule has 1 aliphatic heterocycles. The van der Waals surface area contributed by atoms with Gasteiger partial charge in [-0.1, -0.05) is 45.9 Å². The summed E-state index contributed by atoms with van der Waals surface area (Å²) in [5.74, 6) is -1.37. The Morgan fingerprint density at radius 1 is 1.12 bits per heavy atom. The van der Waals surface area contributed by atoms with E-state index in [2.05, 4.69) is 40.4 Å². The van der Waals surface area contributed by atoms with E-state index in [0.29, 0.717) is 13.2 Å². The fourth-order valence-electron chi connectivity index (χ4n) is 4.57. The van der Waals surface area contributed by atoms with Crippen LogP contribution in [0.4, 0.5) is 0 Å². The molecule has 11 heteroatoms. The second kappa shape index (κ2) is 15.8. The number of rotatable bonds is 18. The first-order valence-corrected chi connectivity index (χ1v) is 17.5. The highest BCUT2D eigenvalue weighted by Crippen LogP contribution is 2.40. The third-order valence-corrected chi connectivity index (χ3v) is 13.2. The van der Waals surface area contributed by atoms with Crippen LogP contribution in [0.15, 0.2) is 36.9 Å². The van der Waals surface area contributed by atoms with Gasteiger partial charge in [-0.3, -0.25) is 9.63 Å². The molecule has 1 fully saturated rings. The van der Waals surface area contributed by atoms with E-state index in [1.165, 1.54) is 20.2 Å². The standard InChI is InChI=1S/C31H53NO9Si/c1-11-23(25(33)16-26(34)32(6)38-8)27(35)24(19-40-42(9,10)31(3,4)5)28(36)30-29(41-30)20(2)17-39-18-21-12-14-22(37-7)15-13-21/h11-15,20,23-25,27-30,33,35-36H,1,16-19H2,2-10H3/t20-,23-,24-,25-,27+,28-,29+,30+/m0/s1. The summed E-state index contributed by atoms with van der Waals surface area (Å²) in [6.45, 7) is 17.3. The van der Waals surface area contributed by atoms with E-state index in [-0.39, 0.29) is 30.1 Å². The number of hydrogen-bond donors (Lipinski definition) is 3. The second-order valence-corrected chi connectivity index (χ2v) is 17.6. The van der Waals surface area contributed by atoms with Crippen molar-refractivity contribution in [2.24, 2.45) is 17.8 Å². The summed E-state index contributed by atoms with van der Waals surface area (Å²) >= 11 is 0. The SMILES string of the molecule is C=C[C@H]([C@@H](O)[C@H](CO[Si](C)(C)C(C)(C)C)[C@H](O)[C@H]1O[C@@H]1[C@@H](C)COCc1ccc(OC)cc1)[C@@H](O)CC(=O)N(C)OC. The molecule has 1 aromatic rings. The van der Waals surface area contributed by atoms with Crippen LogP contribution in [-0.4, -0.2) is 99.6 Å². The monoisotopic (exact) mass is 611 g/mol.